The number of hydrogen-bond donors (Lipinski definition) is 0. The van der Waals surface area contributed by atoms with Gasteiger partial charge >= 0.3 is 0 Å². The first-order chi connectivity index (χ1) is 15.9. The maximum Gasteiger partial charge on any atom is 0.271 e. The van der Waals surface area contributed by atoms with Gasteiger partial charge in [0.2, 0.25) is 0 Å². The molecule has 2 heterocycles. The predicted octanol–water partition coefficient (Wildman–Crippen LogP) is 4.48. The number of fused-ring (bicyclic) bond motifs is 1. The van der Waals surface area contributed by atoms with Crippen LogP contribution in [0.5, 0.6) is 0 Å². The van der Waals surface area contributed by atoms with Gasteiger partial charge in [-0.15, -0.1) is 0 Å². The van der Waals surface area contributed by atoms with E-state index < -0.39 is 26.6 Å². The van der Waals surface area contributed by atoms with Crippen LogP contribution in [-0.2, 0) is 16.6 Å². The second-order valence-electron chi connectivity index (χ2n) is 8.15. The van der Waals surface area contributed by atoms with Gasteiger partial charge in [-0.2, -0.15) is 0 Å². The van der Waals surface area contributed by atoms with Crippen molar-refractivity contribution in [1.29, 1.82) is 0 Å². The van der Waals surface area contributed by atoms with E-state index in [-0.39, 0.29) is 0 Å². The number of rotatable bonds is 5. The van der Waals surface area contributed by atoms with Gasteiger partial charge in [0.15, 0.2) is 0 Å². The van der Waals surface area contributed by atoms with Gasteiger partial charge in [0.25, 0.3) is 10.0 Å². The fraction of sp³-hybridized carbons (Fsp3) is 0.200. The quantitative estimate of drug-likeness (QED) is 0.434. The Bertz CT molecular complexity index is 1400. The van der Waals surface area contributed by atoms with Crippen LogP contribution in [-0.4, -0.2) is 43.5 Å². The zero-order chi connectivity index (χ0) is 23.0. The third-order valence-electron chi connectivity index (χ3n) is 6.07. The van der Waals surface area contributed by atoms with Gasteiger partial charge in [-0.3, -0.25) is 4.90 Å². The second-order valence-corrected chi connectivity index (χ2v) is 9.93. The monoisotopic (exact) mass is 467 g/mol. The van der Waals surface area contributed by atoms with E-state index in [4.69, 9.17) is 0 Å². The van der Waals surface area contributed by atoms with Crippen molar-refractivity contribution in [2.75, 3.05) is 31.1 Å². The molecule has 0 aliphatic carbocycles. The van der Waals surface area contributed by atoms with E-state index in [1.165, 1.54) is 11.8 Å². The summed E-state index contributed by atoms with van der Waals surface area (Å²) in [5, 5.41) is 0.778. The Hall–Kier alpha value is -3.23. The van der Waals surface area contributed by atoms with Crippen molar-refractivity contribution in [1.82, 2.24) is 8.87 Å². The molecule has 0 radical (unpaired) electrons. The highest BCUT2D eigenvalue weighted by Gasteiger charge is 2.25. The second kappa shape index (κ2) is 8.61. The van der Waals surface area contributed by atoms with Gasteiger partial charge in [-0.05, 0) is 35.9 Å². The van der Waals surface area contributed by atoms with E-state index >= 15 is 0 Å². The zero-order valence-corrected chi connectivity index (χ0v) is 18.7. The molecular weight excluding hydrogens is 444 g/mol. The summed E-state index contributed by atoms with van der Waals surface area (Å²) in [7, 11) is -4.21. The van der Waals surface area contributed by atoms with Crippen LogP contribution in [0.1, 0.15) is 5.56 Å². The number of piperazine rings is 1. The molecule has 0 saturated carbocycles. The Balaban J connectivity index is 1.40. The van der Waals surface area contributed by atoms with Gasteiger partial charge in [-0.25, -0.2) is 21.2 Å². The maximum absolute atomic E-state index is 14.3. The van der Waals surface area contributed by atoms with E-state index in [1.807, 2.05) is 24.3 Å². The minimum absolute atomic E-state index is 0.461. The molecule has 1 fully saturated rings. The van der Waals surface area contributed by atoms with Gasteiger partial charge in [0, 0.05) is 56.1 Å². The number of nitrogens with zero attached hydrogens (tertiary/aromatic N) is 3. The standard InChI is InChI=1S/C25H23F2N3O2S/c26-20-9-10-25(22(27)17-20)33(31,32)30-12-11-21-23(7-4-8-24(21)30)29-15-13-28(14-16-29)18-19-5-2-1-3-6-19/h1-12,17H,13-16,18H2. The van der Waals surface area contributed by atoms with E-state index in [1.54, 1.807) is 18.2 Å². The van der Waals surface area contributed by atoms with Crippen LogP contribution in [0, 0.1) is 11.6 Å². The Morgan fingerprint density at radius 1 is 0.818 bits per heavy atom. The van der Waals surface area contributed by atoms with Crippen molar-refractivity contribution >= 4 is 26.6 Å². The maximum atomic E-state index is 14.3. The van der Waals surface area contributed by atoms with Crippen molar-refractivity contribution in [2.45, 2.75) is 11.4 Å². The molecule has 33 heavy (non-hydrogen) atoms. The topological polar surface area (TPSA) is 45.6 Å². The molecule has 1 aromatic heterocycles. The fourth-order valence-electron chi connectivity index (χ4n) is 4.39. The summed E-state index contributed by atoms with van der Waals surface area (Å²) in [6, 6.07) is 20.1. The summed E-state index contributed by atoms with van der Waals surface area (Å²) in [5.74, 6) is -1.93. The van der Waals surface area contributed by atoms with Crippen LogP contribution in [0.4, 0.5) is 14.5 Å². The highest BCUT2D eigenvalue weighted by Crippen LogP contribution is 2.31. The van der Waals surface area contributed by atoms with Crippen LogP contribution < -0.4 is 4.90 Å². The van der Waals surface area contributed by atoms with Crippen molar-refractivity contribution < 1.29 is 17.2 Å². The normalized spacial score (nSPS) is 15.3. The molecule has 0 bridgehead atoms. The Labute approximate surface area is 191 Å². The lowest BCUT2D eigenvalue weighted by atomic mass is 10.1. The molecule has 1 saturated heterocycles. The molecule has 3 aromatic carbocycles. The van der Waals surface area contributed by atoms with Crippen LogP contribution in [0.25, 0.3) is 10.9 Å². The van der Waals surface area contributed by atoms with Crippen molar-refractivity contribution in [3.05, 3.63) is 96.2 Å². The van der Waals surface area contributed by atoms with Gasteiger partial charge < -0.3 is 4.90 Å². The van der Waals surface area contributed by atoms with Crippen LogP contribution in [0.3, 0.4) is 0 Å². The number of benzene rings is 3. The van der Waals surface area contributed by atoms with Crippen molar-refractivity contribution in [3.8, 4) is 0 Å². The molecule has 5 rings (SSSR count). The molecule has 5 nitrogen and oxygen atoms in total. The fourth-order valence-corrected chi connectivity index (χ4v) is 5.79. The summed E-state index contributed by atoms with van der Waals surface area (Å²) < 4.78 is 54.9. The summed E-state index contributed by atoms with van der Waals surface area (Å²) >= 11 is 0. The molecule has 0 amide bonds. The van der Waals surface area contributed by atoms with E-state index in [0.29, 0.717) is 11.6 Å². The molecule has 170 valence electrons. The Morgan fingerprint density at radius 3 is 2.30 bits per heavy atom. The number of aromatic nitrogens is 1. The molecule has 4 aromatic rings. The molecule has 0 N–H and O–H groups in total. The van der Waals surface area contributed by atoms with Gasteiger partial charge in [0.1, 0.15) is 16.5 Å². The highest BCUT2D eigenvalue weighted by atomic mass is 32.2. The Morgan fingerprint density at radius 2 is 1.58 bits per heavy atom. The van der Waals surface area contributed by atoms with Crippen molar-refractivity contribution in [2.24, 2.45) is 0 Å². The average molecular weight is 468 g/mol. The molecule has 0 spiro atoms. The molecule has 0 unspecified atom stereocenters. The summed E-state index contributed by atoms with van der Waals surface area (Å²) in [6.45, 7) is 4.32. The van der Waals surface area contributed by atoms with Gasteiger partial charge in [-0.1, -0.05) is 36.4 Å². The Kier molecular flexibility index (Phi) is 5.64. The summed E-state index contributed by atoms with van der Waals surface area (Å²) in [4.78, 5) is 4.10. The average Bonchev–Trinajstić information content (AvgIpc) is 3.25. The SMILES string of the molecule is O=S(=O)(c1ccc(F)cc1F)n1ccc2c(N3CCN(Cc4ccccc4)CC3)cccc21. The van der Waals surface area contributed by atoms with E-state index in [2.05, 4.69) is 21.9 Å². The number of anilines is 1. The minimum atomic E-state index is -4.21. The molecule has 0 atom stereocenters. The minimum Gasteiger partial charge on any atom is -0.368 e. The number of halogens is 2. The lowest BCUT2D eigenvalue weighted by molar-refractivity contribution is 0.250. The molecule has 1 aliphatic rings. The largest absolute Gasteiger partial charge is 0.368 e. The lowest BCUT2D eigenvalue weighted by Gasteiger charge is -2.36. The van der Waals surface area contributed by atoms with Gasteiger partial charge in [0.05, 0.1) is 5.52 Å². The third kappa shape index (κ3) is 4.12. The molecule has 1 aliphatic heterocycles. The molecule has 8 heteroatoms. The van der Waals surface area contributed by atoms with Crippen LogP contribution in [0.15, 0.2) is 83.9 Å². The molecular formula is C25H23F2N3O2S. The van der Waals surface area contributed by atoms with E-state index in [0.717, 1.165) is 59.9 Å². The summed E-state index contributed by atoms with van der Waals surface area (Å²) in [5.41, 5.74) is 2.69. The van der Waals surface area contributed by atoms with Crippen LogP contribution >= 0.6 is 0 Å². The first kappa shape index (κ1) is 21.6. The van der Waals surface area contributed by atoms with E-state index in [9.17, 15) is 17.2 Å². The van der Waals surface area contributed by atoms with Crippen LogP contribution in [0.2, 0.25) is 0 Å². The van der Waals surface area contributed by atoms with Crippen molar-refractivity contribution in [3.63, 3.8) is 0 Å². The number of hydrogen-bond acceptors (Lipinski definition) is 4. The smallest absolute Gasteiger partial charge is 0.271 e. The summed E-state index contributed by atoms with van der Waals surface area (Å²) in [6.07, 6.45) is 1.43. The predicted molar refractivity (Wildman–Crippen MR) is 125 cm³/mol. The lowest BCUT2D eigenvalue weighted by Crippen LogP contribution is -2.46. The zero-order valence-electron chi connectivity index (χ0n) is 17.9. The first-order valence-corrected chi connectivity index (χ1v) is 12.2. The highest BCUT2D eigenvalue weighted by molar-refractivity contribution is 7.90. The third-order valence-corrected chi connectivity index (χ3v) is 7.79. The first-order valence-electron chi connectivity index (χ1n) is 10.8.